The molecule has 1 aromatic carbocycles. The lowest BCUT2D eigenvalue weighted by molar-refractivity contribution is 0.0637. The third-order valence-corrected chi connectivity index (χ3v) is 3.19. The van der Waals surface area contributed by atoms with Crippen molar-refractivity contribution in [1.82, 2.24) is 9.55 Å². The molecular weight excluding hydrogens is 288 g/mol. The summed E-state index contributed by atoms with van der Waals surface area (Å²) in [6, 6.07) is 7.02. The molecule has 1 aromatic heterocycles. The minimum absolute atomic E-state index is 0.348. The van der Waals surface area contributed by atoms with Crippen LogP contribution < -0.4 is 4.74 Å². The Hall–Kier alpha value is -1.78. The van der Waals surface area contributed by atoms with E-state index < -0.39 is 6.10 Å². The first-order chi connectivity index (χ1) is 9.86. The van der Waals surface area contributed by atoms with Crippen LogP contribution in [0.1, 0.15) is 20.8 Å². The molecular formula is C16H19ClN2O2. The van der Waals surface area contributed by atoms with Crippen molar-refractivity contribution in [3.8, 4) is 5.75 Å². The predicted octanol–water partition coefficient (Wildman–Crippen LogP) is 3.82. The van der Waals surface area contributed by atoms with E-state index in [0.717, 1.165) is 0 Å². The maximum absolute atomic E-state index is 10.5. The maximum Gasteiger partial charge on any atom is 0.150 e. The smallest absolute Gasteiger partial charge is 0.150 e. The lowest BCUT2D eigenvalue weighted by atomic mass is 9.88. The highest BCUT2D eigenvalue weighted by Crippen LogP contribution is 2.28. The van der Waals surface area contributed by atoms with Crippen LogP contribution in [0.3, 0.4) is 0 Å². The number of imidazole rings is 1. The van der Waals surface area contributed by atoms with Crippen LogP contribution in [0.2, 0.25) is 5.02 Å². The van der Waals surface area contributed by atoms with Crippen LogP contribution in [0, 0.1) is 5.41 Å². The van der Waals surface area contributed by atoms with Gasteiger partial charge in [0.15, 0.2) is 0 Å². The van der Waals surface area contributed by atoms with E-state index in [0.29, 0.717) is 16.5 Å². The maximum atomic E-state index is 10.5. The summed E-state index contributed by atoms with van der Waals surface area (Å²) in [6.45, 7) is 5.85. The fourth-order valence-electron chi connectivity index (χ4n) is 1.71. The molecule has 21 heavy (non-hydrogen) atoms. The summed E-state index contributed by atoms with van der Waals surface area (Å²) in [6.07, 6.45) is 6.05. The molecule has 1 unspecified atom stereocenters. The topological polar surface area (TPSA) is 47.3 Å². The zero-order chi connectivity index (χ0) is 15.5. The summed E-state index contributed by atoms with van der Waals surface area (Å²) in [5.41, 5.74) is -0.348. The summed E-state index contributed by atoms with van der Waals surface area (Å²) < 4.78 is 7.57. The number of hydrogen-bond acceptors (Lipinski definition) is 3. The Morgan fingerprint density at radius 2 is 2.00 bits per heavy atom. The van der Waals surface area contributed by atoms with E-state index in [1.807, 2.05) is 20.8 Å². The van der Waals surface area contributed by atoms with Gasteiger partial charge in [-0.3, -0.25) is 0 Å². The molecule has 112 valence electrons. The first-order valence-electron chi connectivity index (χ1n) is 6.67. The Morgan fingerprint density at radius 3 is 2.52 bits per heavy atom. The molecule has 1 heterocycles. The van der Waals surface area contributed by atoms with Gasteiger partial charge in [0.05, 0.1) is 12.5 Å². The summed E-state index contributed by atoms with van der Waals surface area (Å²) in [5.74, 6) is 1.07. The highest BCUT2D eigenvalue weighted by Gasteiger charge is 2.28. The van der Waals surface area contributed by atoms with Gasteiger partial charge in [-0.2, -0.15) is 0 Å². The SMILES string of the molecule is CC(C)(C)C(O)C(=Cn1ccnc1)Oc1ccc(Cl)cc1. The molecule has 5 heteroatoms. The number of nitrogens with zero attached hydrogens (tertiary/aromatic N) is 2. The van der Waals surface area contributed by atoms with Gasteiger partial charge >= 0.3 is 0 Å². The monoisotopic (exact) mass is 306 g/mol. The number of aromatic nitrogens is 2. The Morgan fingerprint density at radius 1 is 1.33 bits per heavy atom. The first kappa shape index (κ1) is 15.6. The van der Waals surface area contributed by atoms with Crippen molar-refractivity contribution in [3.05, 3.63) is 53.8 Å². The van der Waals surface area contributed by atoms with Crippen molar-refractivity contribution in [2.75, 3.05) is 0 Å². The third kappa shape index (κ3) is 4.34. The van der Waals surface area contributed by atoms with E-state index in [1.54, 1.807) is 53.8 Å². The molecule has 0 bridgehead atoms. The second-order valence-electron chi connectivity index (χ2n) is 5.87. The Bertz CT molecular complexity index is 598. The number of aliphatic hydroxyl groups is 1. The molecule has 0 saturated carbocycles. The van der Waals surface area contributed by atoms with Gasteiger partial charge in [0.2, 0.25) is 0 Å². The fourth-order valence-corrected chi connectivity index (χ4v) is 1.84. The molecule has 2 aromatic rings. The molecule has 0 saturated heterocycles. The standard InChI is InChI=1S/C16H19ClN2O2/c1-16(2,3)15(20)14(10-19-9-8-18-11-19)21-13-6-4-12(17)5-7-13/h4-11,15,20H,1-3H3. The zero-order valence-electron chi connectivity index (χ0n) is 12.3. The predicted molar refractivity (Wildman–Crippen MR) is 84.0 cm³/mol. The van der Waals surface area contributed by atoms with Crippen LogP contribution in [0.5, 0.6) is 5.75 Å². The molecule has 0 aliphatic heterocycles. The van der Waals surface area contributed by atoms with Crippen molar-refractivity contribution in [2.45, 2.75) is 26.9 Å². The number of hydrogen-bond donors (Lipinski definition) is 1. The highest BCUT2D eigenvalue weighted by molar-refractivity contribution is 6.30. The van der Waals surface area contributed by atoms with Crippen LogP contribution in [-0.4, -0.2) is 20.8 Å². The summed E-state index contributed by atoms with van der Waals surface area (Å²) >= 11 is 5.87. The summed E-state index contributed by atoms with van der Waals surface area (Å²) in [7, 11) is 0. The fraction of sp³-hybridized carbons (Fsp3) is 0.312. The van der Waals surface area contributed by atoms with Gasteiger partial charge in [-0.05, 0) is 29.7 Å². The molecule has 2 rings (SSSR count). The molecule has 0 aliphatic carbocycles. The van der Waals surface area contributed by atoms with Gasteiger partial charge in [0, 0.05) is 17.4 Å². The van der Waals surface area contributed by atoms with E-state index in [9.17, 15) is 5.11 Å². The summed E-state index contributed by atoms with van der Waals surface area (Å²) in [5, 5.41) is 11.1. The molecule has 0 amide bonds. The molecule has 1 N–H and O–H groups in total. The van der Waals surface area contributed by atoms with E-state index in [2.05, 4.69) is 4.98 Å². The van der Waals surface area contributed by atoms with Crippen LogP contribution in [-0.2, 0) is 0 Å². The van der Waals surface area contributed by atoms with Gasteiger partial charge in [0.25, 0.3) is 0 Å². The zero-order valence-corrected chi connectivity index (χ0v) is 13.1. The highest BCUT2D eigenvalue weighted by atomic mass is 35.5. The molecule has 0 aliphatic rings. The number of aliphatic hydroxyl groups excluding tert-OH is 1. The Kier molecular flexibility index (Phi) is 4.70. The Labute approximate surface area is 129 Å². The van der Waals surface area contributed by atoms with E-state index in [4.69, 9.17) is 16.3 Å². The largest absolute Gasteiger partial charge is 0.457 e. The van der Waals surface area contributed by atoms with Crippen molar-refractivity contribution in [3.63, 3.8) is 0 Å². The van der Waals surface area contributed by atoms with E-state index in [-0.39, 0.29) is 5.41 Å². The number of ether oxygens (including phenoxy) is 1. The van der Waals surface area contributed by atoms with Crippen molar-refractivity contribution < 1.29 is 9.84 Å². The average molecular weight is 307 g/mol. The van der Waals surface area contributed by atoms with Crippen LogP contribution in [0.25, 0.3) is 6.20 Å². The molecule has 0 spiro atoms. The van der Waals surface area contributed by atoms with Gasteiger partial charge in [-0.1, -0.05) is 32.4 Å². The average Bonchev–Trinajstić information content (AvgIpc) is 2.91. The second-order valence-corrected chi connectivity index (χ2v) is 6.30. The van der Waals surface area contributed by atoms with Crippen molar-refractivity contribution >= 4 is 17.8 Å². The normalized spacial score (nSPS) is 14.0. The van der Waals surface area contributed by atoms with Gasteiger partial charge in [-0.15, -0.1) is 0 Å². The van der Waals surface area contributed by atoms with Crippen LogP contribution in [0.4, 0.5) is 0 Å². The quantitative estimate of drug-likeness (QED) is 0.874. The van der Waals surface area contributed by atoms with Crippen molar-refractivity contribution in [1.29, 1.82) is 0 Å². The van der Waals surface area contributed by atoms with Gasteiger partial charge in [0.1, 0.15) is 17.6 Å². The lowest BCUT2D eigenvalue weighted by Crippen LogP contribution is -2.30. The molecule has 0 radical (unpaired) electrons. The van der Waals surface area contributed by atoms with Crippen LogP contribution >= 0.6 is 11.6 Å². The Balaban J connectivity index is 2.30. The van der Waals surface area contributed by atoms with Crippen molar-refractivity contribution in [2.24, 2.45) is 5.41 Å². The number of halogens is 1. The van der Waals surface area contributed by atoms with Crippen LogP contribution in [0.15, 0.2) is 48.7 Å². The van der Waals surface area contributed by atoms with E-state index >= 15 is 0 Å². The molecule has 1 atom stereocenters. The molecule has 0 fully saturated rings. The number of benzene rings is 1. The number of rotatable bonds is 4. The van der Waals surface area contributed by atoms with E-state index in [1.165, 1.54) is 0 Å². The van der Waals surface area contributed by atoms with Gasteiger partial charge < -0.3 is 14.4 Å². The van der Waals surface area contributed by atoms with Gasteiger partial charge in [-0.25, -0.2) is 4.98 Å². The minimum Gasteiger partial charge on any atom is -0.457 e. The third-order valence-electron chi connectivity index (χ3n) is 2.94. The lowest BCUT2D eigenvalue weighted by Gasteiger charge is -2.27. The molecule has 4 nitrogen and oxygen atoms in total. The first-order valence-corrected chi connectivity index (χ1v) is 7.05. The summed E-state index contributed by atoms with van der Waals surface area (Å²) in [4.78, 5) is 3.98. The minimum atomic E-state index is -0.754. The second kappa shape index (κ2) is 6.33.